The maximum Gasteiger partial charge on any atom is 0.251 e. The Labute approximate surface area is 107 Å². The first-order chi connectivity index (χ1) is 7.61. The van der Waals surface area contributed by atoms with E-state index in [0.29, 0.717) is 6.54 Å². The normalized spacial score (nSPS) is 11.4. The van der Waals surface area contributed by atoms with Crippen LogP contribution in [-0.2, 0) is 6.54 Å². The molecule has 0 aliphatic heterocycles. The Kier molecular flexibility index (Phi) is 6.15. The van der Waals surface area contributed by atoms with Gasteiger partial charge in [-0.25, -0.2) is 8.78 Å². The predicted molar refractivity (Wildman–Crippen MR) is 67.5 cm³/mol. The minimum atomic E-state index is -2.37. The van der Waals surface area contributed by atoms with Gasteiger partial charge in [-0.05, 0) is 40.3 Å². The van der Waals surface area contributed by atoms with Crippen LogP contribution in [0, 0.1) is 3.57 Å². The van der Waals surface area contributed by atoms with E-state index in [0.717, 1.165) is 9.13 Å². The SMILES string of the molecule is OCCN(Cc1ccc(I)cc1)CC(F)F. The highest BCUT2D eigenvalue weighted by Gasteiger charge is 2.11. The molecule has 0 heterocycles. The number of halogens is 3. The molecule has 1 N–H and O–H groups in total. The lowest BCUT2D eigenvalue weighted by molar-refractivity contribution is 0.0746. The van der Waals surface area contributed by atoms with Crippen molar-refractivity contribution < 1.29 is 13.9 Å². The first kappa shape index (κ1) is 13.8. The second kappa shape index (κ2) is 7.13. The number of aliphatic hydroxyl groups excluding tert-OH is 1. The van der Waals surface area contributed by atoms with Crippen LogP contribution in [0.25, 0.3) is 0 Å². The van der Waals surface area contributed by atoms with Gasteiger partial charge in [0.1, 0.15) is 0 Å². The summed E-state index contributed by atoms with van der Waals surface area (Å²) in [4.78, 5) is 1.55. The highest BCUT2D eigenvalue weighted by Crippen LogP contribution is 2.10. The van der Waals surface area contributed by atoms with Gasteiger partial charge in [0, 0.05) is 16.7 Å². The van der Waals surface area contributed by atoms with Crippen LogP contribution in [0.4, 0.5) is 8.78 Å². The van der Waals surface area contributed by atoms with Crippen LogP contribution < -0.4 is 0 Å². The van der Waals surface area contributed by atoms with E-state index in [1.165, 1.54) is 0 Å². The van der Waals surface area contributed by atoms with Crippen LogP contribution in [0.15, 0.2) is 24.3 Å². The number of aliphatic hydroxyl groups is 1. The van der Waals surface area contributed by atoms with E-state index in [1.807, 2.05) is 24.3 Å². The van der Waals surface area contributed by atoms with Gasteiger partial charge in [0.15, 0.2) is 0 Å². The zero-order chi connectivity index (χ0) is 12.0. The second-order valence-corrected chi connectivity index (χ2v) is 4.72. The average Bonchev–Trinajstić information content (AvgIpc) is 2.21. The molecule has 0 unspecified atom stereocenters. The summed E-state index contributed by atoms with van der Waals surface area (Å²) in [6.07, 6.45) is -2.37. The molecule has 1 rings (SSSR count). The molecule has 0 atom stereocenters. The highest BCUT2D eigenvalue weighted by molar-refractivity contribution is 14.1. The van der Waals surface area contributed by atoms with Gasteiger partial charge in [0.2, 0.25) is 0 Å². The van der Waals surface area contributed by atoms with Crippen molar-refractivity contribution in [1.29, 1.82) is 0 Å². The third-order valence-electron chi connectivity index (χ3n) is 2.13. The smallest absolute Gasteiger partial charge is 0.251 e. The molecule has 1 aromatic carbocycles. The van der Waals surface area contributed by atoms with Crippen LogP contribution in [0.3, 0.4) is 0 Å². The Balaban J connectivity index is 2.56. The van der Waals surface area contributed by atoms with Crippen molar-refractivity contribution in [3.8, 4) is 0 Å². The molecular formula is C11H14F2INO. The van der Waals surface area contributed by atoms with E-state index in [1.54, 1.807) is 4.90 Å². The van der Waals surface area contributed by atoms with Gasteiger partial charge in [0.05, 0.1) is 13.2 Å². The lowest BCUT2D eigenvalue weighted by Gasteiger charge is -2.20. The quantitative estimate of drug-likeness (QED) is 0.803. The Morgan fingerprint density at radius 1 is 1.25 bits per heavy atom. The summed E-state index contributed by atoms with van der Waals surface area (Å²) in [6.45, 7) is 0.321. The first-order valence-corrected chi connectivity index (χ1v) is 6.05. The molecule has 0 amide bonds. The van der Waals surface area contributed by atoms with E-state index in [-0.39, 0.29) is 19.7 Å². The number of hydrogen-bond donors (Lipinski definition) is 1. The number of rotatable bonds is 6. The number of hydrogen-bond acceptors (Lipinski definition) is 2. The Morgan fingerprint density at radius 2 is 1.88 bits per heavy atom. The molecule has 5 heteroatoms. The van der Waals surface area contributed by atoms with Gasteiger partial charge in [-0.15, -0.1) is 0 Å². The summed E-state index contributed by atoms with van der Waals surface area (Å²) < 4.78 is 25.6. The Morgan fingerprint density at radius 3 is 2.38 bits per heavy atom. The molecule has 0 spiro atoms. The fraction of sp³-hybridized carbons (Fsp3) is 0.455. The van der Waals surface area contributed by atoms with Gasteiger partial charge < -0.3 is 5.11 Å². The van der Waals surface area contributed by atoms with Crippen molar-refractivity contribution in [2.75, 3.05) is 19.7 Å². The summed E-state index contributed by atoms with van der Waals surface area (Å²) in [6, 6.07) is 7.71. The van der Waals surface area contributed by atoms with E-state index >= 15 is 0 Å². The van der Waals surface area contributed by atoms with Crippen LogP contribution >= 0.6 is 22.6 Å². The lowest BCUT2D eigenvalue weighted by atomic mass is 10.2. The molecule has 1 aromatic rings. The van der Waals surface area contributed by atoms with Gasteiger partial charge in [-0.1, -0.05) is 12.1 Å². The molecule has 0 aliphatic rings. The van der Waals surface area contributed by atoms with Gasteiger partial charge >= 0.3 is 0 Å². The van der Waals surface area contributed by atoms with Gasteiger partial charge in [-0.3, -0.25) is 4.90 Å². The number of benzene rings is 1. The monoisotopic (exact) mass is 341 g/mol. The highest BCUT2D eigenvalue weighted by atomic mass is 127. The van der Waals surface area contributed by atoms with E-state index < -0.39 is 6.43 Å². The minimum Gasteiger partial charge on any atom is -0.395 e. The third kappa shape index (κ3) is 5.18. The van der Waals surface area contributed by atoms with Gasteiger partial charge in [0.25, 0.3) is 6.43 Å². The summed E-state index contributed by atoms with van der Waals surface area (Å²) in [5.41, 5.74) is 0.981. The average molecular weight is 341 g/mol. The van der Waals surface area contributed by atoms with Crippen LogP contribution in [0.2, 0.25) is 0 Å². The molecule has 0 bridgehead atoms. The van der Waals surface area contributed by atoms with Crippen LogP contribution in [0.5, 0.6) is 0 Å². The fourth-order valence-electron chi connectivity index (χ4n) is 1.42. The van der Waals surface area contributed by atoms with Crippen LogP contribution in [-0.4, -0.2) is 36.1 Å². The van der Waals surface area contributed by atoms with Crippen molar-refractivity contribution in [3.05, 3.63) is 33.4 Å². The zero-order valence-corrected chi connectivity index (χ0v) is 10.9. The molecule has 0 radical (unpaired) electrons. The number of nitrogens with zero attached hydrogens (tertiary/aromatic N) is 1. The van der Waals surface area contributed by atoms with Crippen molar-refractivity contribution in [2.24, 2.45) is 0 Å². The summed E-state index contributed by atoms with van der Waals surface area (Å²) in [5, 5.41) is 8.78. The molecule has 0 aromatic heterocycles. The maximum absolute atomic E-state index is 12.3. The Bertz CT molecular complexity index is 305. The van der Waals surface area contributed by atoms with Crippen molar-refractivity contribution >= 4 is 22.6 Å². The predicted octanol–water partition coefficient (Wildman–Crippen LogP) is 2.35. The molecule has 90 valence electrons. The van der Waals surface area contributed by atoms with Crippen molar-refractivity contribution in [3.63, 3.8) is 0 Å². The molecular weight excluding hydrogens is 327 g/mol. The molecule has 0 saturated carbocycles. The lowest BCUT2D eigenvalue weighted by Crippen LogP contribution is -2.31. The standard InChI is InChI=1S/C11H14F2INO/c12-11(13)8-15(5-6-16)7-9-1-3-10(14)4-2-9/h1-4,11,16H,5-8H2. The largest absolute Gasteiger partial charge is 0.395 e. The van der Waals surface area contributed by atoms with Crippen molar-refractivity contribution in [2.45, 2.75) is 13.0 Å². The van der Waals surface area contributed by atoms with E-state index in [9.17, 15) is 8.78 Å². The molecule has 16 heavy (non-hydrogen) atoms. The topological polar surface area (TPSA) is 23.5 Å². The Hall–Kier alpha value is -0.270. The van der Waals surface area contributed by atoms with E-state index in [4.69, 9.17) is 5.11 Å². The fourth-order valence-corrected chi connectivity index (χ4v) is 1.78. The summed E-state index contributed by atoms with van der Waals surface area (Å²) in [5.74, 6) is 0. The van der Waals surface area contributed by atoms with E-state index in [2.05, 4.69) is 22.6 Å². The third-order valence-corrected chi connectivity index (χ3v) is 2.85. The molecule has 0 saturated heterocycles. The zero-order valence-electron chi connectivity index (χ0n) is 8.74. The first-order valence-electron chi connectivity index (χ1n) is 4.97. The second-order valence-electron chi connectivity index (χ2n) is 3.48. The molecule has 0 fully saturated rings. The summed E-state index contributed by atoms with van der Waals surface area (Å²) in [7, 11) is 0. The maximum atomic E-state index is 12.3. The van der Waals surface area contributed by atoms with Crippen LogP contribution in [0.1, 0.15) is 5.56 Å². The van der Waals surface area contributed by atoms with Crippen molar-refractivity contribution in [1.82, 2.24) is 4.90 Å². The van der Waals surface area contributed by atoms with Gasteiger partial charge in [-0.2, -0.15) is 0 Å². The molecule has 0 aliphatic carbocycles. The number of alkyl halides is 2. The minimum absolute atomic E-state index is 0.100. The summed E-state index contributed by atoms with van der Waals surface area (Å²) >= 11 is 2.19. The molecule has 2 nitrogen and oxygen atoms in total.